The predicted molar refractivity (Wildman–Crippen MR) is 116 cm³/mol. The number of ether oxygens (including phenoxy) is 1. The van der Waals surface area contributed by atoms with E-state index in [-0.39, 0.29) is 11.6 Å². The van der Waals surface area contributed by atoms with Crippen LogP contribution in [0.2, 0.25) is 0 Å². The zero-order valence-electron chi connectivity index (χ0n) is 18.2. The van der Waals surface area contributed by atoms with Crippen LogP contribution in [0.1, 0.15) is 48.3 Å². The molecule has 8 heteroatoms. The number of aromatic nitrogens is 5. The minimum Gasteiger partial charge on any atom is -0.383 e. The number of nitrogens with zero attached hydrogens (tertiary/aromatic N) is 5. The first kappa shape index (κ1) is 20.7. The zero-order valence-corrected chi connectivity index (χ0v) is 18.2. The molecular weight excluding hydrogens is 380 g/mol. The Hall–Kier alpha value is -2.58. The molecule has 0 aliphatic carbocycles. The number of hydrogen-bond donors (Lipinski definition) is 1. The van der Waals surface area contributed by atoms with Gasteiger partial charge in [-0.1, -0.05) is 6.92 Å². The maximum Gasteiger partial charge on any atom is 0.253 e. The van der Waals surface area contributed by atoms with Crippen LogP contribution in [-0.2, 0) is 11.3 Å². The standard InChI is InChI=1S/C22H30N6O2/c1-14-6-5-7-27(13-14)20(21-24-25-26-28(21)8-9-30-4)18-12-17-10-15(2)16(3)11-19(17)23-22(18)29/h10-12,14,20H,5-9,13H2,1-4H3,(H,23,29)/t14-,20+/m0/s1. The number of likely N-dealkylation sites (tertiary alicyclic amines) is 1. The van der Waals surface area contributed by atoms with Gasteiger partial charge in [-0.15, -0.1) is 5.10 Å². The largest absolute Gasteiger partial charge is 0.383 e. The Labute approximate surface area is 176 Å². The zero-order chi connectivity index (χ0) is 21.3. The Morgan fingerprint density at radius 1 is 1.27 bits per heavy atom. The normalized spacial score (nSPS) is 18.7. The third kappa shape index (κ3) is 4.02. The van der Waals surface area contributed by atoms with Crippen molar-refractivity contribution in [2.75, 3.05) is 26.8 Å². The van der Waals surface area contributed by atoms with Crippen molar-refractivity contribution in [2.24, 2.45) is 5.92 Å². The first-order chi connectivity index (χ1) is 14.5. The summed E-state index contributed by atoms with van der Waals surface area (Å²) in [5.41, 5.74) is 3.82. The fourth-order valence-corrected chi connectivity index (χ4v) is 4.40. The molecule has 1 saturated heterocycles. The number of fused-ring (bicyclic) bond motifs is 1. The van der Waals surface area contributed by atoms with Gasteiger partial charge in [0.15, 0.2) is 5.82 Å². The summed E-state index contributed by atoms with van der Waals surface area (Å²) in [5.74, 6) is 1.25. The number of methoxy groups -OCH3 is 1. The van der Waals surface area contributed by atoms with Crippen LogP contribution in [0.15, 0.2) is 23.0 Å². The summed E-state index contributed by atoms with van der Waals surface area (Å²) in [6.45, 7) is 9.28. The van der Waals surface area contributed by atoms with Crippen molar-refractivity contribution < 1.29 is 4.74 Å². The highest BCUT2D eigenvalue weighted by Gasteiger charge is 2.32. The number of aromatic amines is 1. The van der Waals surface area contributed by atoms with E-state index >= 15 is 0 Å². The van der Waals surface area contributed by atoms with Gasteiger partial charge in [0.25, 0.3) is 5.56 Å². The highest BCUT2D eigenvalue weighted by molar-refractivity contribution is 5.81. The maximum absolute atomic E-state index is 13.2. The molecule has 2 atom stereocenters. The summed E-state index contributed by atoms with van der Waals surface area (Å²) in [7, 11) is 1.66. The molecule has 0 saturated carbocycles. The maximum atomic E-state index is 13.2. The average Bonchev–Trinajstić information content (AvgIpc) is 3.17. The molecule has 0 unspecified atom stereocenters. The highest BCUT2D eigenvalue weighted by atomic mass is 16.5. The van der Waals surface area contributed by atoms with Gasteiger partial charge in [0.2, 0.25) is 0 Å². The van der Waals surface area contributed by atoms with Crippen LogP contribution in [-0.4, -0.2) is 56.9 Å². The second kappa shape index (κ2) is 8.65. The van der Waals surface area contributed by atoms with Gasteiger partial charge in [0, 0.05) is 24.7 Å². The second-order valence-corrected chi connectivity index (χ2v) is 8.48. The van der Waals surface area contributed by atoms with Gasteiger partial charge in [-0.2, -0.15) is 0 Å². The average molecular weight is 411 g/mol. The smallest absolute Gasteiger partial charge is 0.253 e. The van der Waals surface area contributed by atoms with Crippen LogP contribution in [0.4, 0.5) is 0 Å². The summed E-state index contributed by atoms with van der Waals surface area (Å²) in [4.78, 5) is 18.7. The molecule has 2 aromatic heterocycles. The summed E-state index contributed by atoms with van der Waals surface area (Å²) >= 11 is 0. The monoisotopic (exact) mass is 410 g/mol. The van der Waals surface area contributed by atoms with Crippen molar-refractivity contribution >= 4 is 10.9 Å². The second-order valence-electron chi connectivity index (χ2n) is 8.48. The van der Waals surface area contributed by atoms with E-state index in [1.54, 1.807) is 11.8 Å². The van der Waals surface area contributed by atoms with Crippen molar-refractivity contribution in [1.82, 2.24) is 30.1 Å². The van der Waals surface area contributed by atoms with Crippen LogP contribution in [0.25, 0.3) is 10.9 Å². The Kier molecular flexibility index (Phi) is 5.97. The molecule has 0 bridgehead atoms. The fourth-order valence-electron chi connectivity index (χ4n) is 4.40. The van der Waals surface area contributed by atoms with Gasteiger partial charge in [-0.3, -0.25) is 9.69 Å². The number of aryl methyl sites for hydroxylation is 2. The van der Waals surface area contributed by atoms with Gasteiger partial charge in [-0.05, 0) is 84.3 Å². The van der Waals surface area contributed by atoms with Crippen LogP contribution in [0, 0.1) is 19.8 Å². The summed E-state index contributed by atoms with van der Waals surface area (Å²) in [6, 6.07) is 5.89. The van der Waals surface area contributed by atoms with E-state index < -0.39 is 0 Å². The number of tetrazole rings is 1. The van der Waals surface area contributed by atoms with E-state index in [1.165, 1.54) is 12.0 Å². The molecule has 4 rings (SSSR count). The van der Waals surface area contributed by atoms with Crippen molar-refractivity contribution in [2.45, 2.75) is 46.2 Å². The van der Waals surface area contributed by atoms with Crippen molar-refractivity contribution in [3.63, 3.8) is 0 Å². The van der Waals surface area contributed by atoms with Crippen molar-refractivity contribution in [1.29, 1.82) is 0 Å². The minimum atomic E-state index is -0.297. The van der Waals surface area contributed by atoms with Gasteiger partial charge in [0.05, 0.1) is 13.2 Å². The number of H-pyrrole nitrogens is 1. The first-order valence-corrected chi connectivity index (χ1v) is 10.6. The lowest BCUT2D eigenvalue weighted by Gasteiger charge is -2.36. The highest BCUT2D eigenvalue weighted by Crippen LogP contribution is 2.31. The lowest BCUT2D eigenvalue weighted by atomic mass is 9.95. The molecule has 3 heterocycles. The fraction of sp³-hybridized carbons (Fsp3) is 0.545. The van der Waals surface area contributed by atoms with Crippen LogP contribution >= 0.6 is 0 Å². The molecule has 1 aliphatic heterocycles. The summed E-state index contributed by atoms with van der Waals surface area (Å²) in [5, 5.41) is 13.5. The Morgan fingerprint density at radius 2 is 2.07 bits per heavy atom. The first-order valence-electron chi connectivity index (χ1n) is 10.6. The molecule has 0 radical (unpaired) electrons. The molecule has 1 aromatic carbocycles. The Bertz CT molecular complexity index is 1090. The van der Waals surface area contributed by atoms with E-state index in [4.69, 9.17) is 4.74 Å². The quantitative estimate of drug-likeness (QED) is 0.672. The van der Waals surface area contributed by atoms with Gasteiger partial charge in [-0.25, -0.2) is 4.68 Å². The number of piperidine rings is 1. The van der Waals surface area contributed by atoms with Crippen molar-refractivity contribution in [3.05, 3.63) is 51.1 Å². The predicted octanol–water partition coefficient (Wildman–Crippen LogP) is 2.60. The molecule has 1 N–H and O–H groups in total. The van der Waals surface area contributed by atoms with E-state index in [0.717, 1.165) is 36.0 Å². The van der Waals surface area contributed by atoms with E-state index in [0.29, 0.717) is 30.5 Å². The Morgan fingerprint density at radius 3 is 2.83 bits per heavy atom. The topological polar surface area (TPSA) is 88.9 Å². The van der Waals surface area contributed by atoms with Gasteiger partial charge < -0.3 is 9.72 Å². The number of rotatable bonds is 6. The van der Waals surface area contributed by atoms with E-state index in [2.05, 4.69) is 52.2 Å². The van der Waals surface area contributed by atoms with E-state index in [1.807, 2.05) is 12.1 Å². The molecule has 3 aromatic rings. The van der Waals surface area contributed by atoms with Crippen LogP contribution < -0.4 is 5.56 Å². The van der Waals surface area contributed by atoms with Crippen molar-refractivity contribution in [3.8, 4) is 0 Å². The molecule has 0 amide bonds. The summed E-state index contributed by atoms with van der Waals surface area (Å²) in [6.07, 6.45) is 2.30. The van der Waals surface area contributed by atoms with Crippen LogP contribution in [0.5, 0.6) is 0 Å². The number of pyridine rings is 1. The number of hydrogen-bond acceptors (Lipinski definition) is 6. The summed E-state index contributed by atoms with van der Waals surface area (Å²) < 4.78 is 6.99. The van der Waals surface area contributed by atoms with Crippen LogP contribution in [0.3, 0.4) is 0 Å². The molecule has 30 heavy (non-hydrogen) atoms. The van der Waals surface area contributed by atoms with Gasteiger partial charge >= 0.3 is 0 Å². The molecule has 1 fully saturated rings. The third-order valence-electron chi connectivity index (χ3n) is 6.15. The number of nitrogens with one attached hydrogen (secondary N) is 1. The molecular formula is C22H30N6O2. The minimum absolute atomic E-state index is 0.0877. The Balaban J connectivity index is 1.85. The number of benzene rings is 1. The van der Waals surface area contributed by atoms with Gasteiger partial charge in [0.1, 0.15) is 6.04 Å². The lowest BCUT2D eigenvalue weighted by molar-refractivity contribution is 0.137. The molecule has 160 valence electrons. The SMILES string of the molecule is COCCn1nnnc1[C@@H](c1cc2cc(C)c(C)cc2[nH]c1=O)N1CCC[C@H](C)C1. The molecule has 0 spiro atoms. The molecule has 1 aliphatic rings. The van der Waals surface area contributed by atoms with E-state index in [9.17, 15) is 4.79 Å². The molecule has 8 nitrogen and oxygen atoms in total. The lowest BCUT2D eigenvalue weighted by Crippen LogP contribution is -2.41. The third-order valence-corrected chi connectivity index (χ3v) is 6.15.